The third-order valence-corrected chi connectivity index (χ3v) is 2.75. The average molecular weight is 247 g/mol. The Hall–Kier alpha value is -1.91. The van der Waals surface area contributed by atoms with Crippen LogP contribution in [0.4, 0.5) is 11.5 Å². The van der Waals surface area contributed by atoms with Gasteiger partial charge in [-0.15, -0.1) is 0 Å². The van der Waals surface area contributed by atoms with E-state index in [0.717, 1.165) is 12.8 Å². The van der Waals surface area contributed by atoms with E-state index in [9.17, 15) is 9.59 Å². The van der Waals surface area contributed by atoms with Gasteiger partial charge < -0.3 is 10.6 Å². The number of nitrogens with zero attached hydrogens (tertiary/aromatic N) is 1. The van der Waals surface area contributed by atoms with Crippen LogP contribution in [0.5, 0.6) is 0 Å². The van der Waals surface area contributed by atoms with Crippen molar-refractivity contribution in [1.82, 2.24) is 4.98 Å². The topological polar surface area (TPSA) is 71.1 Å². The first-order valence-electron chi connectivity index (χ1n) is 6.14. The lowest BCUT2D eigenvalue weighted by Gasteiger charge is -2.08. The fourth-order valence-electron chi connectivity index (χ4n) is 1.40. The average Bonchev–Trinajstić information content (AvgIpc) is 3.15. The summed E-state index contributed by atoms with van der Waals surface area (Å²) in [6, 6.07) is 3.42. The van der Waals surface area contributed by atoms with Crippen molar-refractivity contribution in [3.63, 3.8) is 0 Å². The Kier molecular flexibility index (Phi) is 3.60. The van der Waals surface area contributed by atoms with Crippen LogP contribution in [0.3, 0.4) is 0 Å². The van der Waals surface area contributed by atoms with Crippen LogP contribution in [0, 0.1) is 11.8 Å². The molecule has 1 heterocycles. The molecule has 0 aromatic carbocycles. The number of hydrogen-bond donors (Lipinski definition) is 2. The molecule has 0 bridgehead atoms. The summed E-state index contributed by atoms with van der Waals surface area (Å²) in [5.74, 6) is 0.592. The molecule has 0 atom stereocenters. The van der Waals surface area contributed by atoms with Crippen LogP contribution in [0.1, 0.15) is 26.7 Å². The molecule has 0 saturated heterocycles. The van der Waals surface area contributed by atoms with Gasteiger partial charge >= 0.3 is 0 Å². The smallest absolute Gasteiger partial charge is 0.228 e. The molecule has 18 heavy (non-hydrogen) atoms. The van der Waals surface area contributed by atoms with Crippen LogP contribution in [0.25, 0.3) is 0 Å². The summed E-state index contributed by atoms with van der Waals surface area (Å²) < 4.78 is 0. The molecule has 1 aliphatic rings. The van der Waals surface area contributed by atoms with Crippen molar-refractivity contribution < 1.29 is 9.59 Å². The van der Waals surface area contributed by atoms with Gasteiger partial charge in [-0.25, -0.2) is 4.98 Å². The second kappa shape index (κ2) is 5.16. The minimum absolute atomic E-state index is 0.0291. The molecule has 0 spiro atoms. The van der Waals surface area contributed by atoms with Gasteiger partial charge in [-0.2, -0.15) is 0 Å². The van der Waals surface area contributed by atoms with Gasteiger partial charge in [0.25, 0.3) is 0 Å². The van der Waals surface area contributed by atoms with Crippen LogP contribution in [0.15, 0.2) is 18.3 Å². The zero-order valence-electron chi connectivity index (χ0n) is 10.6. The van der Waals surface area contributed by atoms with Crippen LogP contribution >= 0.6 is 0 Å². The van der Waals surface area contributed by atoms with Gasteiger partial charge in [-0.05, 0) is 25.0 Å². The van der Waals surface area contributed by atoms with Crippen molar-refractivity contribution in [3.05, 3.63) is 18.3 Å². The SMILES string of the molecule is CC(C)C(=O)Nc1ccc(NC(=O)C2CC2)nc1. The first-order valence-corrected chi connectivity index (χ1v) is 6.14. The molecule has 2 rings (SSSR count). The van der Waals surface area contributed by atoms with Crippen molar-refractivity contribution in [3.8, 4) is 0 Å². The Morgan fingerprint density at radius 2 is 2.00 bits per heavy atom. The molecule has 2 amide bonds. The number of anilines is 2. The highest BCUT2D eigenvalue weighted by molar-refractivity contribution is 5.94. The molecule has 1 aromatic rings. The van der Waals surface area contributed by atoms with E-state index in [-0.39, 0.29) is 23.7 Å². The normalized spacial score (nSPS) is 14.4. The molecule has 1 aromatic heterocycles. The van der Waals surface area contributed by atoms with Gasteiger partial charge in [0.05, 0.1) is 11.9 Å². The second-order valence-corrected chi connectivity index (χ2v) is 4.84. The molecule has 5 heteroatoms. The molecule has 0 unspecified atom stereocenters. The Morgan fingerprint density at radius 3 is 2.50 bits per heavy atom. The third-order valence-electron chi connectivity index (χ3n) is 2.75. The largest absolute Gasteiger partial charge is 0.325 e. The van der Waals surface area contributed by atoms with E-state index >= 15 is 0 Å². The fraction of sp³-hybridized carbons (Fsp3) is 0.462. The van der Waals surface area contributed by atoms with Crippen molar-refractivity contribution in [2.75, 3.05) is 10.6 Å². The van der Waals surface area contributed by atoms with E-state index in [2.05, 4.69) is 15.6 Å². The van der Waals surface area contributed by atoms with E-state index in [4.69, 9.17) is 0 Å². The number of pyridine rings is 1. The first-order chi connectivity index (χ1) is 8.56. The minimum Gasteiger partial charge on any atom is -0.325 e. The lowest BCUT2D eigenvalue weighted by molar-refractivity contribution is -0.119. The Labute approximate surface area is 106 Å². The molecule has 96 valence electrons. The molecule has 1 fully saturated rings. The molecule has 2 N–H and O–H groups in total. The number of carbonyl (C=O) groups excluding carboxylic acids is 2. The van der Waals surface area contributed by atoms with Gasteiger partial charge in [-0.3, -0.25) is 9.59 Å². The summed E-state index contributed by atoms with van der Waals surface area (Å²) in [4.78, 5) is 27.1. The Morgan fingerprint density at radius 1 is 1.28 bits per heavy atom. The summed E-state index contributed by atoms with van der Waals surface area (Å²) >= 11 is 0. The molecular weight excluding hydrogens is 230 g/mol. The number of amides is 2. The molecule has 5 nitrogen and oxygen atoms in total. The highest BCUT2D eigenvalue weighted by Crippen LogP contribution is 2.29. The molecule has 0 radical (unpaired) electrons. The predicted molar refractivity (Wildman–Crippen MR) is 69.1 cm³/mol. The number of aromatic nitrogens is 1. The van der Waals surface area contributed by atoms with E-state index in [1.165, 1.54) is 0 Å². The maximum Gasteiger partial charge on any atom is 0.228 e. The van der Waals surface area contributed by atoms with Crippen LogP contribution in [-0.2, 0) is 9.59 Å². The number of nitrogens with one attached hydrogen (secondary N) is 2. The number of hydrogen-bond acceptors (Lipinski definition) is 3. The molecule has 1 aliphatic carbocycles. The highest BCUT2D eigenvalue weighted by atomic mass is 16.2. The second-order valence-electron chi connectivity index (χ2n) is 4.84. The van der Waals surface area contributed by atoms with Crippen LogP contribution < -0.4 is 10.6 Å². The van der Waals surface area contributed by atoms with Gasteiger partial charge in [0, 0.05) is 11.8 Å². The van der Waals surface area contributed by atoms with Gasteiger partial charge in [0.15, 0.2) is 0 Å². The number of carbonyl (C=O) groups is 2. The maximum absolute atomic E-state index is 11.5. The Bertz CT molecular complexity index is 415. The summed E-state index contributed by atoms with van der Waals surface area (Å²) in [5.41, 5.74) is 0.637. The third kappa shape index (κ3) is 3.29. The van der Waals surface area contributed by atoms with E-state index in [0.29, 0.717) is 11.5 Å². The van der Waals surface area contributed by atoms with Crippen LogP contribution in [-0.4, -0.2) is 16.8 Å². The van der Waals surface area contributed by atoms with Gasteiger partial charge in [0.2, 0.25) is 11.8 Å². The quantitative estimate of drug-likeness (QED) is 0.855. The lowest BCUT2D eigenvalue weighted by Crippen LogP contribution is -2.18. The first kappa shape index (κ1) is 12.5. The summed E-state index contributed by atoms with van der Waals surface area (Å²) in [6.45, 7) is 3.65. The van der Waals surface area contributed by atoms with Crippen molar-refractivity contribution in [2.24, 2.45) is 11.8 Å². The molecular formula is C13H17N3O2. The molecule has 0 aliphatic heterocycles. The predicted octanol–water partition coefficient (Wildman–Crippen LogP) is 2.02. The fourth-order valence-corrected chi connectivity index (χ4v) is 1.40. The summed E-state index contributed by atoms with van der Waals surface area (Å²) in [6.07, 6.45) is 3.48. The number of rotatable bonds is 4. The molecule has 1 saturated carbocycles. The van der Waals surface area contributed by atoms with E-state index in [1.807, 2.05) is 13.8 Å². The lowest BCUT2D eigenvalue weighted by atomic mass is 10.2. The minimum atomic E-state index is -0.0701. The monoisotopic (exact) mass is 247 g/mol. The zero-order valence-corrected chi connectivity index (χ0v) is 10.6. The maximum atomic E-state index is 11.5. The summed E-state index contributed by atoms with van der Waals surface area (Å²) in [5, 5.41) is 5.49. The summed E-state index contributed by atoms with van der Waals surface area (Å²) in [7, 11) is 0. The highest BCUT2D eigenvalue weighted by Gasteiger charge is 2.29. The van der Waals surface area contributed by atoms with Gasteiger partial charge in [0.1, 0.15) is 5.82 Å². The van der Waals surface area contributed by atoms with E-state index < -0.39 is 0 Å². The standard InChI is InChI=1S/C13H17N3O2/c1-8(2)12(17)15-10-5-6-11(14-7-10)16-13(18)9-3-4-9/h5-9H,3-4H2,1-2H3,(H,15,17)(H,14,16,18). The van der Waals surface area contributed by atoms with Crippen molar-refractivity contribution in [1.29, 1.82) is 0 Å². The van der Waals surface area contributed by atoms with Gasteiger partial charge in [-0.1, -0.05) is 13.8 Å². The van der Waals surface area contributed by atoms with E-state index in [1.54, 1.807) is 18.3 Å². The van der Waals surface area contributed by atoms with Crippen LogP contribution in [0.2, 0.25) is 0 Å². The Balaban J connectivity index is 1.92. The zero-order chi connectivity index (χ0) is 13.1. The van der Waals surface area contributed by atoms with Crippen molar-refractivity contribution >= 4 is 23.3 Å². The van der Waals surface area contributed by atoms with Crippen molar-refractivity contribution in [2.45, 2.75) is 26.7 Å².